The fourth-order valence-electron chi connectivity index (χ4n) is 0.981. The number of hydrogen-bond acceptors (Lipinski definition) is 8. The topological polar surface area (TPSA) is 161 Å². The zero-order valence-corrected chi connectivity index (χ0v) is 21.5. The fraction of sp³-hybridized carbons (Fsp3) is 0.167. The number of rotatable bonds is 8. The van der Waals surface area contributed by atoms with Crippen LogP contribution in [0.4, 0.5) is 0 Å². The van der Waals surface area contributed by atoms with Crippen molar-refractivity contribution in [1.29, 1.82) is 0 Å². The van der Waals surface area contributed by atoms with Crippen LogP contribution in [-0.2, 0) is 45.4 Å². The molecule has 0 fully saturated rings. The molecule has 0 saturated heterocycles. The van der Waals surface area contributed by atoms with Gasteiger partial charge in [-0.05, 0) is 52.0 Å². The minimum absolute atomic E-state index is 0. The smallest absolute Gasteiger partial charge is 0.545 e. The van der Waals surface area contributed by atoms with Crippen LogP contribution in [0.5, 0.6) is 0 Å². The van der Waals surface area contributed by atoms with Gasteiger partial charge in [0.05, 0.1) is 23.9 Å². The van der Waals surface area contributed by atoms with E-state index < -0.39 is 23.9 Å². The van der Waals surface area contributed by atoms with Gasteiger partial charge in [-0.1, -0.05) is 72.9 Å². The molecular weight excluding hydrogens is 507 g/mol. The summed E-state index contributed by atoms with van der Waals surface area (Å²) < 4.78 is 0. The Morgan fingerprint density at radius 2 is 0.545 bits per heavy atom. The first-order chi connectivity index (χ1) is 15.1. The number of carbonyl (C=O) groups is 4. The Kier molecular flexibility index (Phi) is 43.8. The number of carbonyl (C=O) groups excluding carboxylic acids is 4. The van der Waals surface area contributed by atoms with Crippen molar-refractivity contribution in [2.24, 2.45) is 0 Å². The van der Waals surface area contributed by atoms with Crippen LogP contribution in [0.15, 0.2) is 97.2 Å². The van der Waals surface area contributed by atoms with E-state index in [1.807, 2.05) is 0 Å². The molecule has 0 radical (unpaired) electrons. The van der Waals surface area contributed by atoms with E-state index in [0.29, 0.717) is 0 Å². The van der Waals surface area contributed by atoms with Crippen LogP contribution < -0.4 is 20.4 Å². The molecule has 0 rings (SSSR count). The van der Waals surface area contributed by atoms with Crippen LogP contribution in [0.3, 0.4) is 0 Å². The Morgan fingerprint density at radius 3 is 0.636 bits per heavy atom. The van der Waals surface area contributed by atoms with Gasteiger partial charge in [0.1, 0.15) is 0 Å². The van der Waals surface area contributed by atoms with Crippen molar-refractivity contribution < 1.29 is 65.8 Å². The summed E-state index contributed by atoms with van der Waals surface area (Å²) in [6.07, 6.45) is 23.0. The van der Waals surface area contributed by atoms with Crippen LogP contribution in [0.1, 0.15) is 27.7 Å². The fourth-order valence-corrected chi connectivity index (χ4v) is 0.981. The van der Waals surface area contributed by atoms with E-state index in [1.54, 1.807) is 76.3 Å². The van der Waals surface area contributed by atoms with Gasteiger partial charge in [0.25, 0.3) is 0 Å². The first-order valence-electron chi connectivity index (χ1n) is 9.10. The summed E-state index contributed by atoms with van der Waals surface area (Å²) in [7, 11) is 0. The molecule has 0 amide bonds. The Labute approximate surface area is 214 Å². The molecule has 0 aromatic carbocycles. The number of allylic oxidation sites excluding steroid dienone is 12. The minimum Gasteiger partial charge on any atom is -0.545 e. The van der Waals surface area contributed by atoms with Crippen molar-refractivity contribution in [1.82, 2.24) is 0 Å². The number of aliphatic carboxylic acids is 4. The molecule has 0 bridgehead atoms. The van der Waals surface area contributed by atoms with Crippen LogP contribution in [-0.4, -0.2) is 23.9 Å². The molecule has 0 aromatic heterocycles. The normalized spacial score (nSPS) is 10.8. The molecule has 0 saturated carbocycles. The van der Waals surface area contributed by atoms with Gasteiger partial charge in [0.2, 0.25) is 0 Å². The van der Waals surface area contributed by atoms with Gasteiger partial charge in [-0.2, -0.15) is 0 Å². The van der Waals surface area contributed by atoms with Crippen LogP contribution in [0.25, 0.3) is 0 Å². The third-order valence-corrected chi connectivity index (χ3v) is 2.14. The average Bonchev–Trinajstić information content (AvgIpc) is 2.69. The van der Waals surface area contributed by atoms with Crippen molar-refractivity contribution in [2.75, 3.05) is 0 Å². The third kappa shape index (κ3) is 73.4. The van der Waals surface area contributed by atoms with Gasteiger partial charge in [-0.3, -0.25) is 0 Å². The number of carboxylic acids is 4. The molecule has 176 valence electrons. The van der Waals surface area contributed by atoms with Gasteiger partial charge in [-0.25, -0.2) is 0 Å². The SMILES string of the molecule is C/C=C/C=C/C(=O)[O-].C/C=C/C=C/C(=O)[O-].C/C=C/C=C/C(=O)[O-].C/C=C/C=C/C(=O)[O-].[Zr+4]. The molecule has 33 heavy (non-hydrogen) atoms. The van der Waals surface area contributed by atoms with E-state index in [1.165, 1.54) is 24.3 Å². The predicted octanol–water partition coefficient (Wildman–Crippen LogP) is -0.528. The minimum atomic E-state index is -1.16. The van der Waals surface area contributed by atoms with Crippen molar-refractivity contribution in [3.05, 3.63) is 97.2 Å². The van der Waals surface area contributed by atoms with E-state index in [9.17, 15) is 39.6 Å². The largest absolute Gasteiger partial charge is 4.00 e. The van der Waals surface area contributed by atoms with Crippen molar-refractivity contribution in [2.45, 2.75) is 27.7 Å². The Bertz CT molecular complexity index is 624. The molecule has 0 spiro atoms. The molecule has 0 atom stereocenters. The monoisotopic (exact) mass is 534 g/mol. The number of carboxylic acid groups (broad SMARTS) is 4. The molecule has 9 heteroatoms. The maximum atomic E-state index is 9.64. The molecule has 0 aliphatic carbocycles. The molecule has 0 unspecified atom stereocenters. The summed E-state index contributed by atoms with van der Waals surface area (Å²) in [5, 5.41) is 38.6. The van der Waals surface area contributed by atoms with E-state index in [2.05, 4.69) is 0 Å². The maximum Gasteiger partial charge on any atom is 4.00 e. The Balaban J connectivity index is -0.000000105. The summed E-state index contributed by atoms with van der Waals surface area (Å²) in [5.74, 6) is -4.66. The molecule has 0 aromatic rings. The van der Waals surface area contributed by atoms with E-state index in [0.717, 1.165) is 24.3 Å². The first kappa shape index (κ1) is 40.1. The molecule has 0 N–H and O–H groups in total. The van der Waals surface area contributed by atoms with Gasteiger partial charge in [0, 0.05) is 0 Å². The van der Waals surface area contributed by atoms with Gasteiger partial charge in [0.15, 0.2) is 0 Å². The van der Waals surface area contributed by atoms with Gasteiger partial charge in [-0.15, -0.1) is 0 Å². The zero-order valence-electron chi connectivity index (χ0n) is 19.0. The summed E-state index contributed by atoms with van der Waals surface area (Å²) in [6.45, 7) is 7.22. The van der Waals surface area contributed by atoms with E-state index in [-0.39, 0.29) is 26.2 Å². The zero-order chi connectivity index (χ0) is 25.6. The Morgan fingerprint density at radius 1 is 0.394 bits per heavy atom. The molecule has 8 nitrogen and oxygen atoms in total. The summed E-state index contributed by atoms with van der Waals surface area (Å²) in [4.78, 5) is 38.6. The quantitative estimate of drug-likeness (QED) is 0.296. The molecule has 0 aliphatic heterocycles. The van der Waals surface area contributed by atoms with Crippen molar-refractivity contribution >= 4 is 23.9 Å². The van der Waals surface area contributed by atoms with Crippen LogP contribution in [0, 0.1) is 0 Å². The number of hydrogen-bond donors (Lipinski definition) is 0. The predicted molar refractivity (Wildman–Crippen MR) is 116 cm³/mol. The summed E-state index contributed by atoms with van der Waals surface area (Å²) in [5.41, 5.74) is 0. The summed E-state index contributed by atoms with van der Waals surface area (Å²) >= 11 is 0. The second-order valence-corrected chi connectivity index (χ2v) is 4.82. The van der Waals surface area contributed by atoms with Crippen LogP contribution >= 0.6 is 0 Å². The second-order valence-electron chi connectivity index (χ2n) is 4.82. The molecule has 0 aliphatic rings. The first-order valence-corrected chi connectivity index (χ1v) is 9.10. The standard InChI is InChI=1S/4C6H8O2.Zr/c4*1-2-3-4-5-6(7)8;/h4*2-5H,1H3,(H,7,8);/q;;;;+4/p-4/b4*3-2+,5-4+;. The van der Waals surface area contributed by atoms with E-state index in [4.69, 9.17) is 0 Å². The third-order valence-electron chi connectivity index (χ3n) is 2.14. The van der Waals surface area contributed by atoms with E-state index >= 15 is 0 Å². The van der Waals surface area contributed by atoms with Gasteiger partial charge < -0.3 is 39.6 Å². The van der Waals surface area contributed by atoms with Gasteiger partial charge >= 0.3 is 26.2 Å². The van der Waals surface area contributed by atoms with Crippen molar-refractivity contribution in [3.63, 3.8) is 0 Å². The van der Waals surface area contributed by atoms with Crippen molar-refractivity contribution in [3.8, 4) is 0 Å². The maximum absolute atomic E-state index is 9.64. The molecule has 0 heterocycles. The average molecular weight is 536 g/mol. The summed E-state index contributed by atoms with van der Waals surface area (Å²) in [6, 6.07) is 0. The molecular formula is C24H28O8Zr. The van der Waals surface area contributed by atoms with Crippen LogP contribution in [0.2, 0.25) is 0 Å². The Hall–Kier alpha value is -3.32. The second kappa shape index (κ2) is 36.1.